The zero-order valence-electron chi connectivity index (χ0n) is 12.6. The van der Waals surface area contributed by atoms with E-state index in [1.807, 2.05) is 0 Å². The molecule has 1 heterocycles. The highest BCUT2D eigenvalue weighted by molar-refractivity contribution is 7.49. The molecule has 2 atom stereocenters. The molecular weight excluding hydrogens is 392 g/mol. The molecule has 10 heteroatoms. The first kappa shape index (κ1) is 18.2. The van der Waals surface area contributed by atoms with Gasteiger partial charge in [-0.25, -0.2) is 4.57 Å². The number of nitro groups is 1. The predicted octanol–water partition coefficient (Wildman–Crippen LogP) is 5.57. The van der Waals surface area contributed by atoms with Crippen LogP contribution in [0.5, 0.6) is 5.75 Å². The van der Waals surface area contributed by atoms with Crippen LogP contribution in [0.3, 0.4) is 0 Å². The molecule has 0 N–H and O–H groups in total. The van der Waals surface area contributed by atoms with Gasteiger partial charge in [0.2, 0.25) is 0 Å². The molecule has 1 fully saturated rings. The van der Waals surface area contributed by atoms with Gasteiger partial charge in [-0.1, -0.05) is 23.2 Å². The summed E-state index contributed by atoms with van der Waals surface area (Å²) in [5, 5.41) is 11.5. The fourth-order valence-corrected chi connectivity index (χ4v) is 4.25. The summed E-state index contributed by atoms with van der Waals surface area (Å²) in [6.07, 6.45) is -0.113. The van der Waals surface area contributed by atoms with E-state index >= 15 is 0 Å². The highest BCUT2D eigenvalue weighted by atomic mass is 35.5. The normalized spacial score (nSPS) is 23.2. The van der Waals surface area contributed by atoms with Crippen LogP contribution in [0.1, 0.15) is 18.1 Å². The third-order valence-electron chi connectivity index (χ3n) is 3.41. The smallest absolute Gasteiger partial charge is 0.404 e. The molecule has 2 aromatic carbocycles. The van der Waals surface area contributed by atoms with Gasteiger partial charge in [0.15, 0.2) is 0 Å². The van der Waals surface area contributed by atoms with E-state index in [0.29, 0.717) is 22.0 Å². The standard InChI is InChI=1S/C15H12Cl2NO6P/c16-11-7-10(8-12(17)9-11)15-5-6-22-25(21,24-15)23-14-3-1-13(2-4-14)18(19)20/h1-4,7-9,15H,5-6H2/t15-,25+/m1/s1. The van der Waals surface area contributed by atoms with Gasteiger partial charge in [0.25, 0.3) is 5.69 Å². The van der Waals surface area contributed by atoms with Crippen molar-refractivity contribution in [3.63, 3.8) is 0 Å². The van der Waals surface area contributed by atoms with Gasteiger partial charge in [0, 0.05) is 28.6 Å². The second-order valence-electron chi connectivity index (χ2n) is 5.21. The third-order valence-corrected chi connectivity index (χ3v) is 5.29. The minimum absolute atomic E-state index is 0.109. The van der Waals surface area contributed by atoms with E-state index < -0.39 is 18.8 Å². The van der Waals surface area contributed by atoms with Gasteiger partial charge >= 0.3 is 7.82 Å². The maximum absolute atomic E-state index is 12.7. The average molecular weight is 404 g/mol. The molecule has 0 aromatic heterocycles. The number of nitro benzene ring substituents is 1. The van der Waals surface area contributed by atoms with Gasteiger partial charge in [0.1, 0.15) is 5.75 Å². The minimum atomic E-state index is -3.88. The van der Waals surface area contributed by atoms with Crippen LogP contribution >= 0.6 is 31.0 Å². The van der Waals surface area contributed by atoms with Crippen molar-refractivity contribution in [2.24, 2.45) is 0 Å². The summed E-state index contributed by atoms with van der Waals surface area (Å²) in [6, 6.07) is 10.0. The van der Waals surface area contributed by atoms with Crippen molar-refractivity contribution in [3.8, 4) is 5.75 Å². The maximum atomic E-state index is 12.7. The predicted molar refractivity (Wildman–Crippen MR) is 92.2 cm³/mol. The summed E-state index contributed by atoms with van der Waals surface area (Å²) >= 11 is 12.0. The van der Waals surface area contributed by atoms with Crippen LogP contribution in [0.2, 0.25) is 10.0 Å². The van der Waals surface area contributed by atoms with Crippen LogP contribution in [0.15, 0.2) is 42.5 Å². The van der Waals surface area contributed by atoms with Gasteiger partial charge in [-0.05, 0) is 35.9 Å². The Morgan fingerprint density at radius 2 is 1.80 bits per heavy atom. The molecule has 0 saturated carbocycles. The summed E-state index contributed by atoms with van der Waals surface area (Å²) in [7, 11) is -3.88. The van der Waals surface area contributed by atoms with Crippen LogP contribution in [0, 0.1) is 10.1 Å². The fourth-order valence-electron chi connectivity index (χ4n) is 2.30. The van der Waals surface area contributed by atoms with Crippen molar-refractivity contribution in [1.82, 2.24) is 0 Å². The molecule has 1 aliphatic rings. The van der Waals surface area contributed by atoms with Gasteiger partial charge in [0.05, 0.1) is 17.6 Å². The van der Waals surface area contributed by atoms with Crippen LogP contribution in [0.25, 0.3) is 0 Å². The number of benzene rings is 2. The molecule has 132 valence electrons. The fraction of sp³-hybridized carbons (Fsp3) is 0.200. The zero-order valence-corrected chi connectivity index (χ0v) is 15.0. The first-order valence-electron chi connectivity index (χ1n) is 7.18. The van der Waals surface area contributed by atoms with E-state index in [2.05, 4.69) is 0 Å². The number of hydrogen-bond acceptors (Lipinski definition) is 6. The Bertz CT molecular complexity index is 824. The van der Waals surface area contributed by atoms with Crippen molar-refractivity contribution in [2.45, 2.75) is 12.5 Å². The van der Waals surface area contributed by atoms with E-state index in [0.717, 1.165) is 0 Å². The molecule has 0 spiro atoms. The first-order valence-corrected chi connectivity index (χ1v) is 9.39. The van der Waals surface area contributed by atoms with Gasteiger partial charge < -0.3 is 4.52 Å². The topological polar surface area (TPSA) is 87.9 Å². The van der Waals surface area contributed by atoms with Crippen LogP contribution in [-0.4, -0.2) is 11.5 Å². The third kappa shape index (κ3) is 4.51. The lowest BCUT2D eigenvalue weighted by molar-refractivity contribution is -0.384. The Morgan fingerprint density at radius 3 is 2.40 bits per heavy atom. The highest BCUT2D eigenvalue weighted by Gasteiger charge is 2.37. The molecule has 1 saturated heterocycles. The van der Waals surface area contributed by atoms with Crippen LogP contribution in [-0.2, 0) is 13.6 Å². The van der Waals surface area contributed by atoms with Crippen molar-refractivity contribution >= 4 is 36.7 Å². The summed E-state index contributed by atoms with van der Waals surface area (Å²) in [5.74, 6) is 0.138. The Hall–Kier alpha value is -1.63. The quantitative estimate of drug-likeness (QED) is 0.376. The van der Waals surface area contributed by atoms with E-state index in [-0.39, 0.29) is 18.0 Å². The molecule has 7 nitrogen and oxygen atoms in total. The molecule has 2 aromatic rings. The number of halogens is 2. The second kappa shape index (κ2) is 7.32. The van der Waals surface area contributed by atoms with Crippen molar-refractivity contribution in [1.29, 1.82) is 0 Å². The Kier molecular flexibility index (Phi) is 5.32. The molecule has 3 rings (SSSR count). The van der Waals surface area contributed by atoms with Gasteiger partial charge in [-0.2, -0.15) is 0 Å². The highest BCUT2D eigenvalue weighted by Crippen LogP contribution is 2.56. The number of phosphoric acid groups is 1. The number of non-ortho nitro benzene ring substituents is 1. The molecule has 0 aliphatic carbocycles. The van der Waals surface area contributed by atoms with E-state index in [4.69, 9.17) is 36.8 Å². The van der Waals surface area contributed by atoms with Gasteiger partial charge in [-0.3, -0.25) is 19.2 Å². The molecular formula is C15H12Cl2NO6P. The zero-order chi connectivity index (χ0) is 18.0. The van der Waals surface area contributed by atoms with Crippen LogP contribution < -0.4 is 4.52 Å². The number of nitrogens with zero attached hydrogens (tertiary/aromatic N) is 1. The molecule has 1 aliphatic heterocycles. The van der Waals surface area contributed by atoms with Crippen LogP contribution in [0.4, 0.5) is 5.69 Å². The van der Waals surface area contributed by atoms with E-state index in [9.17, 15) is 14.7 Å². The lowest BCUT2D eigenvalue weighted by atomic mass is 10.1. The second-order valence-corrected chi connectivity index (χ2v) is 7.63. The van der Waals surface area contributed by atoms with Crippen molar-refractivity contribution < 1.29 is 23.1 Å². The minimum Gasteiger partial charge on any atom is -0.404 e. The number of hydrogen-bond donors (Lipinski definition) is 0. The summed E-state index contributed by atoms with van der Waals surface area (Å²) in [5.41, 5.74) is 0.552. The lowest BCUT2D eigenvalue weighted by Crippen LogP contribution is -2.16. The lowest BCUT2D eigenvalue weighted by Gasteiger charge is -2.29. The molecule has 25 heavy (non-hydrogen) atoms. The van der Waals surface area contributed by atoms with E-state index in [1.165, 1.54) is 24.3 Å². The summed E-state index contributed by atoms with van der Waals surface area (Å²) < 4.78 is 28.7. The summed E-state index contributed by atoms with van der Waals surface area (Å²) in [6.45, 7) is 0.152. The Labute approximate surface area is 153 Å². The molecule has 0 radical (unpaired) electrons. The largest absolute Gasteiger partial charge is 0.530 e. The van der Waals surface area contributed by atoms with Crippen molar-refractivity contribution in [2.75, 3.05) is 6.61 Å². The number of phosphoric ester groups is 1. The van der Waals surface area contributed by atoms with Crippen molar-refractivity contribution in [3.05, 3.63) is 68.2 Å². The number of rotatable bonds is 4. The SMILES string of the molecule is O=[N+]([O-])c1ccc(O[P@]2(=O)OCC[C@H](c3cc(Cl)cc(Cl)c3)O2)cc1. The molecule has 0 amide bonds. The Balaban J connectivity index is 1.77. The summed E-state index contributed by atoms with van der Waals surface area (Å²) in [4.78, 5) is 10.1. The monoisotopic (exact) mass is 403 g/mol. The van der Waals surface area contributed by atoms with Gasteiger partial charge in [-0.15, -0.1) is 0 Å². The first-order chi connectivity index (χ1) is 11.8. The molecule has 0 unspecified atom stereocenters. The average Bonchev–Trinajstić information content (AvgIpc) is 2.54. The Morgan fingerprint density at radius 1 is 1.16 bits per heavy atom. The molecule has 0 bridgehead atoms. The van der Waals surface area contributed by atoms with E-state index in [1.54, 1.807) is 18.2 Å². The maximum Gasteiger partial charge on any atom is 0.530 e.